The molecular formula is C21H21NO2S. The van der Waals surface area contributed by atoms with E-state index >= 15 is 0 Å². The summed E-state index contributed by atoms with van der Waals surface area (Å²) >= 11 is 1.50. The van der Waals surface area contributed by atoms with Crippen molar-refractivity contribution < 1.29 is 9.90 Å². The van der Waals surface area contributed by atoms with Gasteiger partial charge in [0, 0.05) is 25.6 Å². The summed E-state index contributed by atoms with van der Waals surface area (Å²) in [5, 5.41) is 11.2. The number of carbonyl (C=O) groups is 1. The Labute approximate surface area is 152 Å². The molecule has 128 valence electrons. The molecule has 1 unspecified atom stereocenters. The number of allylic oxidation sites excluding steroid dienone is 1. The fraction of sp³-hybridized carbons (Fsp3) is 0.238. The van der Waals surface area contributed by atoms with Crippen LogP contribution in [0.25, 0.3) is 0 Å². The van der Waals surface area contributed by atoms with Crippen molar-refractivity contribution in [2.45, 2.75) is 24.5 Å². The number of aliphatic imine (C=N–C) groups is 1. The zero-order valence-corrected chi connectivity index (χ0v) is 15.0. The number of aliphatic hydroxyl groups is 1. The van der Waals surface area contributed by atoms with Crippen LogP contribution in [0.2, 0.25) is 0 Å². The number of carbonyl (C=O) groups excluding carboxylic acids is 1. The molecule has 0 fully saturated rings. The number of hydrogen-bond acceptors (Lipinski definition) is 4. The first kappa shape index (κ1) is 17.5. The van der Waals surface area contributed by atoms with Gasteiger partial charge < -0.3 is 5.11 Å². The van der Waals surface area contributed by atoms with Crippen molar-refractivity contribution in [1.82, 2.24) is 0 Å². The van der Waals surface area contributed by atoms with Crippen molar-refractivity contribution in [3.63, 3.8) is 0 Å². The highest BCUT2D eigenvalue weighted by Crippen LogP contribution is 2.35. The molecule has 3 nitrogen and oxygen atoms in total. The summed E-state index contributed by atoms with van der Waals surface area (Å²) in [5.74, 6) is 0.888. The first-order valence-electron chi connectivity index (χ1n) is 8.33. The Kier molecular flexibility index (Phi) is 5.71. The second kappa shape index (κ2) is 8.17. The van der Waals surface area contributed by atoms with Crippen molar-refractivity contribution in [3.05, 3.63) is 83.1 Å². The van der Waals surface area contributed by atoms with Crippen molar-refractivity contribution in [3.8, 4) is 0 Å². The van der Waals surface area contributed by atoms with E-state index in [2.05, 4.69) is 4.99 Å². The molecule has 25 heavy (non-hydrogen) atoms. The van der Waals surface area contributed by atoms with E-state index in [0.29, 0.717) is 23.5 Å². The third kappa shape index (κ3) is 4.20. The lowest BCUT2D eigenvalue weighted by Gasteiger charge is -2.24. The Morgan fingerprint density at radius 1 is 1.08 bits per heavy atom. The molecule has 4 heteroatoms. The van der Waals surface area contributed by atoms with E-state index < -0.39 is 0 Å². The largest absolute Gasteiger partial charge is 0.511 e. The van der Waals surface area contributed by atoms with E-state index in [1.165, 1.54) is 17.3 Å². The summed E-state index contributed by atoms with van der Waals surface area (Å²) in [6.07, 6.45) is 0.893. The van der Waals surface area contributed by atoms with Gasteiger partial charge in [-0.3, -0.25) is 9.79 Å². The lowest BCUT2D eigenvalue weighted by Crippen LogP contribution is -2.22. The van der Waals surface area contributed by atoms with Gasteiger partial charge in [-0.05, 0) is 17.0 Å². The van der Waals surface area contributed by atoms with Crippen LogP contribution in [-0.4, -0.2) is 23.0 Å². The zero-order valence-electron chi connectivity index (χ0n) is 14.2. The molecule has 0 aliphatic heterocycles. The van der Waals surface area contributed by atoms with Gasteiger partial charge in [0.1, 0.15) is 10.8 Å². The smallest absolute Gasteiger partial charge is 0.169 e. The zero-order chi connectivity index (χ0) is 17.6. The van der Waals surface area contributed by atoms with Crippen LogP contribution in [0.5, 0.6) is 0 Å². The van der Waals surface area contributed by atoms with Gasteiger partial charge in [0.05, 0.1) is 5.57 Å². The number of Topliss-reactive ketones (excluding diaryl/α,β-unsaturated/α-hetero) is 1. The minimum atomic E-state index is -0.0289. The predicted molar refractivity (Wildman–Crippen MR) is 104 cm³/mol. The normalized spacial score (nSPS) is 18.5. The van der Waals surface area contributed by atoms with Gasteiger partial charge in [0.15, 0.2) is 5.78 Å². The van der Waals surface area contributed by atoms with Gasteiger partial charge in [0.2, 0.25) is 0 Å². The molecule has 0 saturated heterocycles. The molecule has 0 saturated carbocycles. The average Bonchev–Trinajstić information content (AvgIpc) is 2.65. The average molecular weight is 351 g/mol. The Bertz CT molecular complexity index is 797. The second-order valence-electron chi connectivity index (χ2n) is 6.06. The van der Waals surface area contributed by atoms with Crippen LogP contribution in [0.3, 0.4) is 0 Å². The van der Waals surface area contributed by atoms with Gasteiger partial charge in [-0.25, -0.2) is 0 Å². The van der Waals surface area contributed by atoms with Crippen LogP contribution in [0.1, 0.15) is 29.9 Å². The van der Waals surface area contributed by atoms with Crippen molar-refractivity contribution in [2.75, 3.05) is 7.05 Å². The van der Waals surface area contributed by atoms with Gasteiger partial charge in [-0.2, -0.15) is 0 Å². The maximum absolute atomic E-state index is 12.7. The lowest BCUT2D eigenvalue weighted by molar-refractivity contribution is -0.116. The highest BCUT2D eigenvalue weighted by atomic mass is 32.2. The number of rotatable bonds is 4. The molecule has 1 atom stereocenters. The van der Waals surface area contributed by atoms with Crippen molar-refractivity contribution >= 4 is 22.6 Å². The fourth-order valence-corrected chi connectivity index (χ4v) is 4.07. The minimum Gasteiger partial charge on any atom is -0.511 e. The quantitative estimate of drug-likeness (QED) is 0.629. The molecule has 0 radical (unpaired) electrons. The van der Waals surface area contributed by atoms with Crippen LogP contribution in [0.15, 0.2) is 77.0 Å². The Hall–Kier alpha value is -2.33. The van der Waals surface area contributed by atoms with E-state index in [1.54, 1.807) is 7.05 Å². The molecule has 1 aliphatic carbocycles. The standard InChI is InChI=1S/C21H21NO2S/c1-22-21(25-14-15-8-4-2-5-9-15)20-18(23)12-17(13-19(20)24)16-10-6-3-7-11-16/h2-11,17,23H,12-14H2,1H3. The molecule has 2 aromatic carbocycles. The molecular weight excluding hydrogens is 330 g/mol. The monoisotopic (exact) mass is 351 g/mol. The minimum absolute atomic E-state index is 0.0289. The number of nitrogens with zero attached hydrogens (tertiary/aromatic N) is 1. The van der Waals surface area contributed by atoms with Crippen LogP contribution in [0.4, 0.5) is 0 Å². The predicted octanol–water partition coefficient (Wildman–Crippen LogP) is 4.91. The number of benzene rings is 2. The van der Waals surface area contributed by atoms with Crippen LogP contribution >= 0.6 is 11.8 Å². The maximum Gasteiger partial charge on any atom is 0.169 e. The summed E-state index contributed by atoms with van der Waals surface area (Å²) in [5.41, 5.74) is 2.66. The Morgan fingerprint density at radius 2 is 1.72 bits per heavy atom. The summed E-state index contributed by atoms with van der Waals surface area (Å²) < 4.78 is 0. The maximum atomic E-state index is 12.7. The van der Waals surface area contributed by atoms with E-state index in [0.717, 1.165) is 11.3 Å². The molecule has 0 heterocycles. The lowest BCUT2D eigenvalue weighted by atomic mass is 9.83. The highest BCUT2D eigenvalue weighted by Gasteiger charge is 2.31. The third-order valence-corrected chi connectivity index (χ3v) is 5.48. The molecule has 0 aromatic heterocycles. The first-order chi connectivity index (χ1) is 12.2. The molecule has 0 spiro atoms. The Balaban J connectivity index is 1.76. The van der Waals surface area contributed by atoms with Gasteiger partial charge in [-0.1, -0.05) is 60.7 Å². The fourth-order valence-electron chi connectivity index (χ4n) is 3.07. The molecule has 1 N–H and O–H groups in total. The molecule has 3 rings (SSSR count). The number of thioether (sulfide) groups is 1. The highest BCUT2D eigenvalue weighted by molar-refractivity contribution is 8.13. The second-order valence-corrected chi connectivity index (χ2v) is 7.03. The van der Waals surface area contributed by atoms with Gasteiger partial charge in [0.25, 0.3) is 0 Å². The topological polar surface area (TPSA) is 49.7 Å². The molecule has 0 amide bonds. The SMILES string of the molecule is CN=C(SCc1ccccc1)C1=C(O)CC(c2ccccc2)CC1=O. The van der Waals surface area contributed by atoms with E-state index in [4.69, 9.17) is 0 Å². The van der Waals surface area contributed by atoms with Gasteiger partial charge in [-0.15, -0.1) is 11.8 Å². The first-order valence-corrected chi connectivity index (χ1v) is 9.31. The van der Waals surface area contributed by atoms with E-state index in [9.17, 15) is 9.90 Å². The van der Waals surface area contributed by atoms with E-state index in [1.807, 2.05) is 60.7 Å². The Morgan fingerprint density at radius 3 is 2.32 bits per heavy atom. The molecule has 1 aliphatic rings. The van der Waals surface area contributed by atoms with Crippen molar-refractivity contribution in [2.24, 2.45) is 4.99 Å². The van der Waals surface area contributed by atoms with E-state index in [-0.39, 0.29) is 17.5 Å². The summed E-state index contributed by atoms with van der Waals surface area (Å²) in [4.78, 5) is 17.0. The van der Waals surface area contributed by atoms with Crippen LogP contribution < -0.4 is 0 Å². The van der Waals surface area contributed by atoms with Crippen LogP contribution in [0, 0.1) is 0 Å². The van der Waals surface area contributed by atoms with Gasteiger partial charge >= 0.3 is 0 Å². The summed E-state index contributed by atoms with van der Waals surface area (Å²) in [6.45, 7) is 0. The summed E-state index contributed by atoms with van der Waals surface area (Å²) in [6, 6.07) is 19.9. The van der Waals surface area contributed by atoms with Crippen molar-refractivity contribution in [1.29, 1.82) is 0 Å². The number of aliphatic hydroxyl groups excluding tert-OH is 1. The molecule has 0 bridgehead atoms. The summed E-state index contributed by atoms with van der Waals surface area (Å²) in [7, 11) is 1.67. The number of hydrogen-bond donors (Lipinski definition) is 1. The number of ketones is 1. The third-order valence-electron chi connectivity index (χ3n) is 4.35. The molecule has 2 aromatic rings. The van der Waals surface area contributed by atoms with Crippen LogP contribution in [-0.2, 0) is 10.5 Å².